The van der Waals surface area contributed by atoms with Crippen LogP contribution in [0.5, 0.6) is 0 Å². The van der Waals surface area contributed by atoms with Gasteiger partial charge in [-0.3, -0.25) is 4.79 Å². The van der Waals surface area contributed by atoms with Crippen LogP contribution in [-0.2, 0) is 0 Å². The molecule has 5 nitrogen and oxygen atoms in total. The lowest BCUT2D eigenvalue weighted by Gasteiger charge is -2.26. The molecule has 1 saturated heterocycles. The van der Waals surface area contributed by atoms with Crippen LogP contribution >= 0.6 is 0 Å². The summed E-state index contributed by atoms with van der Waals surface area (Å²) in [4.78, 5) is 20.9. The molecule has 1 aliphatic heterocycles. The zero-order chi connectivity index (χ0) is 12.5. The maximum atomic E-state index is 11.5. The van der Waals surface area contributed by atoms with Crippen molar-refractivity contribution < 1.29 is 0 Å². The molecule has 0 amide bonds. The van der Waals surface area contributed by atoms with E-state index in [1.165, 1.54) is 25.7 Å². The van der Waals surface area contributed by atoms with Gasteiger partial charge >= 0.3 is 0 Å². The Kier molecular flexibility index (Phi) is 3.07. The molecular weight excluding hydrogens is 228 g/mol. The van der Waals surface area contributed by atoms with Crippen LogP contribution < -0.4 is 15.8 Å². The van der Waals surface area contributed by atoms with Crippen molar-refractivity contribution >= 4 is 5.82 Å². The van der Waals surface area contributed by atoms with Crippen molar-refractivity contribution in [3.05, 3.63) is 22.2 Å². The Morgan fingerprint density at radius 1 is 1.50 bits per heavy atom. The summed E-state index contributed by atoms with van der Waals surface area (Å²) in [5.74, 6) is 1.52. The monoisotopic (exact) mass is 248 g/mol. The molecule has 1 aromatic heterocycles. The number of anilines is 1. The molecule has 5 heteroatoms. The SMILES string of the molecule is Cc1nc(N2CCCC2CNC2CC2)cc(=O)[nH]1. The lowest BCUT2D eigenvalue weighted by molar-refractivity contribution is 0.568. The highest BCUT2D eigenvalue weighted by Gasteiger charge is 2.28. The maximum absolute atomic E-state index is 11.5. The largest absolute Gasteiger partial charge is 0.352 e. The van der Waals surface area contributed by atoms with Crippen molar-refractivity contribution in [2.24, 2.45) is 0 Å². The topological polar surface area (TPSA) is 61.0 Å². The molecule has 1 aromatic rings. The van der Waals surface area contributed by atoms with E-state index in [4.69, 9.17) is 0 Å². The molecule has 1 saturated carbocycles. The quantitative estimate of drug-likeness (QED) is 0.827. The number of rotatable bonds is 4. The van der Waals surface area contributed by atoms with Gasteiger partial charge in [0.1, 0.15) is 11.6 Å². The highest BCUT2D eigenvalue weighted by Crippen LogP contribution is 2.24. The van der Waals surface area contributed by atoms with Crippen molar-refractivity contribution in [2.45, 2.75) is 44.7 Å². The fourth-order valence-electron chi connectivity index (χ4n) is 2.65. The van der Waals surface area contributed by atoms with E-state index in [2.05, 4.69) is 20.2 Å². The van der Waals surface area contributed by atoms with E-state index >= 15 is 0 Å². The molecule has 98 valence electrons. The summed E-state index contributed by atoms with van der Waals surface area (Å²) in [6.45, 7) is 3.85. The predicted molar refractivity (Wildman–Crippen MR) is 71.0 cm³/mol. The molecule has 0 aromatic carbocycles. The second-order valence-corrected chi connectivity index (χ2v) is 5.36. The summed E-state index contributed by atoms with van der Waals surface area (Å²) in [5, 5.41) is 3.57. The van der Waals surface area contributed by atoms with Crippen LogP contribution in [0.15, 0.2) is 10.9 Å². The van der Waals surface area contributed by atoms with Gasteiger partial charge in [0, 0.05) is 31.2 Å². The molecule has 2 heterocycles. The highest BCUT2D eigenvalue weighted by molar-refractivity contribution is 5.40. The number of nitrogens with zero attached hydrogens (tertiary/aromatic N) is 2. The van der Waals surface area contributed by atoms with Crippen LogP contribution in [-0.4, -0.2) is 35.1 Å². The Morgan fingerprint density at radius 2 is 2.33 bits per heavy atom. The van der Waals surface area contributed by atoms with Gasteiger partial charge in [-0.2, -0.15) is 0 Å². The fourth-order valence-corrected chi connectivity index (χ4v) is 2.65. The summed E-state index contributed by atoms with van der Waals surface area (Å²) < 4.78 is 0. The van der Waals surface area contributed by atoms with Gasteiger partial charge in [0.25, 0.3) is 5.56 Å². The molecule has 0 spiro atoms. The number of hydrogen-bond acceptors (Lipinski definition) is 4. The zero-order valence-corrected chi connectivity index (χ0v) is 10.8. The average molecular weight is 248 g/mol. The lowest BCUT2D eigenvalue weighted by Crippen LogP contribution is -2.39. The minimum absolute atomic E-state index is 0.0571. The average Bonchev–Trinajstić information content (AvgIpc) is 3.02. The van der Waals surface area contributed by atoms with Crippen molar-refractivity contribution in [2.75, 3.05) is 18.0 Å². The van der Waals surface area contributed by atoms with Gasteiger partial charge in [-0.25, -0.2) is 4.98 Å². The first-order valence-corrected chi connectivity index (χ1v) is 6.80. The summed E-state index contributed by atoms with van der Waals surface area (Å²) in [6.07, 6.45) is 5.00. The summed E-state index contributed by atoms with van der Waals surface area (Å²) in [5.41, 5.74) is -0.0571. The van der Waals surface area contributed by atoms with Gasteiger partial charge in [-0.1, -0.05) is 0 Å². The molecule has 2 aliphatic rings. The molecule has 3 rings (SSSR count). The van der Waals surface area contributed by atoms with Crippen molar-refractivity contribution in [1.29, 1.82) is 0 Å². The number of aromatic nitrogens is 2. The smallest absolute Gasteiger partial charge is 0.252 e. The molecule has 0 radical (unpaired) electrons. The molecular formula is C13H20N4O. The number of aryl methyl sites for hydroxylation is 1. The second kappa shape index (κ2) is 4.72. The van der Waals surface area contributed by atoms with Crippen LogP contribution in [0.25, 0.3) is 0 Å². The molecule has 18 heavy (non-hydrogen) atoms. The third kappa shape index (κ3) is 2.56. The molecule has 2 N–H and O–H groups in total. The van der Waals surface area contributed by atoms with E-state index in [1.54, 1.807) is 6.07 Å². The van der Waals surface area contributed by atoms with Crippen LogP contribution in [0.4, 0.5) is 5.82 Å². The predicted octanol–water partition coefficient (Wildman–Crippen LogP) is 0.799. The molecule has 1 unspecified atom stereocenters. The first-order chi connectivity index (χ1) is 8.72. The fraction of sp³-hybridized carbons (Fsp3) is 0.692. The minimum atomic E-state index is -0.0571. The van der Waals surface area contributed by atoms with Crippen molar-refractivity contribution in [1.82, 2.24) is 15.3 Å². The third-order valence-corrected chi connectivity index (χ3v) is 3.74. The third-order valence-electron chi connectivity index (χ3n) is 3.74. The van der Waals surface area contributed by atoms with E-state index in [0.29, 0.717) is 11.9 Å². The summed E-state index contributed by atoms with van der Waals surface area (Å²) >= 11 is 0. The minimum Gasteiger partial charge on any atom is -0.352 e. The van der Waals surface area contributed by atoms with Gasteiger partial charge in [0.05, 0.1) is 0 Å². The Morgan fingerprint density at radius 3 is 3.06 bits per heavy atom. The normalized spacial score (nSPS) is 23.6. The number of aromatic amines is 1. The van der Waals surface area contributed by atoms with Gasteiger partial charge in [-0.05, 0) is 32.6 Å². The Labute approximate surface area is 107 Å². The van der Waals surface area contributed by atoms with Crippen LogP contribution in [0.3, 0.4) is 0 Å². The number of hydrogen-bond donors (Lipinski definition) is 2. The Hall–Kier alpha value is -1.36. The first-order valence-electron chi connectivity index (χ1n) is 6.80. The Balaban J connectivity index is 1.73. The summed E-state index contributed by atoms with van der Waals surface area (Å²) in [7, 11) is 0. The number of H-pyrrole nitrogens is 1. The van der Waals surface area contributed by atoms with Crippen molar-refractivity contribution in [3.63, 3.8) is 0 Å². The van der Waals surface area contributed by atoms with E-state index in [1.807, 2.05) is 6.92 Å². The molecule has 2 fully saturated rings. The zero-order valence-electron chi connectivity index (χ0n) is 10.8. The standard InChI is InChI=1S/C13H20N4O/c1-9-15-12(7-13(18)16-9)17-6-2-3-11(17)8-14-10-4-5-10/h7,10-11,14H,2-6,8H2,1H3,(H,15,16,18). The van der Waals surface area contributed by atoms with Crippen LogP contribution in [0, 0.1) is 6.92 Å². The molecule has 0 bridgehead atoms. The van der Waals surface area contributed by atoms with Gasteiger partial charge in [0.15, 0.2) is 0 Å². The van der Waals surface area contributed by atoms with E-state index in [0.717, 1.165) is 24.9 Å². The second-order valence-electron chi connectivity index (χ2n) is 5.36. The van der Waals surface area contributed by atoms with E-state index in [-0.39, 0.29) is 5.56 Å². The van der Waals surface area contributed by atoms with Crippen molar-refractivity contribution in [3.8, 4) is 0 Å². The van der Waals surface area contributed by atoms with E-state index in [9.17, 15) is 4.79 Å². The highest BCUT2D eigenvalue weighted by atomic mass is 16.1. The van der Waals surface area contributed by atoms with Gasteiger partial charge in [0.2, 0.25) is 0 Å². The van der Waals surface area contributed by atoms with Gasteiger partial charge < -0.3 is 15.2 Å². The Bertz CT molecular complexity index is 480. The molecule has 1 aliphatic carbocycles. The van der Waals surface area contributed by atoms with E-state index < -0.39 is 0 Å². The van der Waals surface area contributed by atoms with Crippen LogP contribution in [0.1, 0.15) is 31.5 Å². The van der Waals surface area contributed by atoms with Gasteiger partial charge in [-0.15, -0.1) is 0 Å². The number of nitrogens with one attached hydrogen (secondary N) is 2. The van der Waals surface area contributed by atoms with Crippen LogP contribution in [0.2, 0.25) is 0 Å². The lowest BCUT2D eigenvalue weighted by atomic mass is 10.2. The molecule has 1 atom stereocenters. The first kappa shape index (κ1) is 11.7. The summed E-state index contributed by atoms with van der Waals surface area (Å²) in [6, 6.07) is 2.84. The maximum Gasteiger partial charge on any atom is 0.252 e.